The molecule has 0 aliphatic rings. The molecule has 0 fully saturated rings. The fourth-order valence-corrected chi connectivity index (χ4v) is 0.299. The molecule has 0 radical (unpaired) electrons. The molecule has 0 bridgehead atoms. The summed E-state index contributed by atoms with van der Waals surface area (Å²) in [7, 11) is 0. The average molecular weight is 200 g/mol. The number of halogens is 1. The second kappa shape index (κ2) is 3.83. The van der Waals surface area contributed by atoms with Crippen LogP contribution in [0.2, 0.25) is 0 Å². The lowest BCUT2D eigenvalue weighted by atomic mass is 10.4. The molecule has 0 amide bonds. The normalized spacial score (nSPS) is 14.5. The number of nitrogens with one attached hydrogen (secondary N) is 1. The second-order valence-corrected chi connectivity index (χ2v) is 1.87. The molecule has 6 heavy (non-hydrogen) atoms. The van der Waals surface area contributed by atoms with Crippen LogP contribution >= 0.6 is 22.9 Å². The predicted molar refractivity (Wildman–Crippen MR) is 35.7 cm³/mol. The molecule has 1 unspecified atom stereocenters. The van der Waals surface area contributed by atoms with Crippen LogP contribution in [-0.4, -0.2) is 12.6 Å². The van der Waals surface area contributed by atoms with E-state index in [9.17, 15) is 0 Å². The molecule has 3 heteroatoms. The van der Waals surface area contributed by atoms with E-state index >= 15 is 0 Å². The molecule has 0 heterocycles. The summed E-state index contributed by atoms with van der Waals surface area (Å²) in [6.45, 7) is 2.75. The molecular formula is C3H9IN2. The van der Waals surface area contributed by atoms with Gasteiger partial charge in [0.05, 0.1) is 0 Å². The molecule has 0 aromatic carbocycles. The molecule has 0 aromatic rings. The van der Waals surface area contributed by atoms with Crippen LogP contribution in [0.15, 0.2) is 0 Å². The van der Waals surface area contributed by atoms with Crippen molar-refractivity contribution >= 4 is 22.9 Å². The van der Waals surface area contributed by atoms with Crippen molar-refractivity contribution in [1.82, 2.24) is 3.53 Å². The SMILES string of the molecule is CC(CN)NI. The lowest BCUT2D eigenvalue weighted by molar-refractivity contribution is 0.722. The van der Waals surface area contributed by atoms with Gasteiger partial charge >= 0.3 is 0 Å². The number of hydrogen-bond acceptors (Lipinski definition) is 2. The summed E-state index contributed by atoms with van der Waals surface area (Å²) in [4.78, 5) is 0. The lowest BCUT2D eigenvalue weighted by Crippen LogP contribution is -2.25. The van der Waals surface area contributed by atoms with Crippen LogP contribution < -0.4 is 9.26 Å². The van der Waals surface area contributed by atoms with Crippen molar-refractivity contribution in [3.05, 3.63) is 0 Å². The third-order valence-electron chi connectivity index (χ3n) is 0.540. The minimum Gasteiger partial charge on any atom is -0.329 e. The van der Waals surface area contributed by atoms with E-state index < -0.39 is 0 Å². The monoisotopic (exact) mass is 200 g/mol. The third-order valence-corrected chi connectivity index (χ3v) is 1.60. The minimum absolute atomic E-state index is 0.450. The second-order valence-electron chi connectivity index (χ2n) is 1.25. The molecule has 1 atom stereocenters. The summed E-state index contributed by atoms with van der Waals surface area (Å²) in [5, 5.41) is 0. The highest BCUT2D eigenvalue weighted by Crippen LogP contribution is 1.77. The molecule has 2 nitrogen and oxygen atoms in total. The topological polar surface area (TPSA) is 38.0 Å². The van der Waals surface area contributed by atoms with E-state index in [1.807, 2.05) is 6.92 Å². The van der Waals surface area contributed by atoms with Crippen LogP contribution in [0.1, 0.15) is 6.92 Å². The summed E-state index contributed by atoms with van der Waals surface area (Å²) in [6, 6.07) is 0.450. The highest BCUT2D eigenvalue weighted by molar-refractivity contribution is 14.1. The summed E-state index contributed by atoms with van der Waals surface area (Å²) < 4.78 is 2.96. The zero-order valence-corrected chi connectivity index (χ0v) is 5.90. The van der Waals surface area contributed by atoms with Crippen molar-refractivity contribution in [2.45, 2.75) is 13.0 Å². The van der Waals surface area contributed by atoms with Crippen LogP contribution in [0.4, 0.5) is 0 Å². The maximum absolute atomic E-state index is 5.22. The predicted octanol–water partition coefficient (Wildman–Crippen LogP) is 0.273. The molecule has 0 aliphatic carbocycles. The molecule has 0 aliphatic heterocycles. The Labute approximate surface area is 52.0 Å². The lowest BCUT2D eigenvalue weighted by Gasteiger charge is -2.00. The van der Waals surface area contributed by atoms with Gasteiger partial charge in [-0.1, -0.05) is 0 Å². The van der Waals surface area contributed by atoms with Gasteiger partial charge in [0, 0.05) is 35.5 Å². The zero-order chi connectivity index (χ0) is 4.99. The van der Waals surface area contributed by atoms with Crippen molar-refractivity contribution in [2.75, 3.05) is 6.54 Å². The summed E-state index contributed by atoms with van der Waals surface area (Å²) in [5.74, 6) is 0. The van der Waals surface area contributed by atoms with E-state index in [0.29, 0.717) is 12.6 Å². The molecule has 0 saturated carbocycles. The van der Waals surface area contributed by atoms with Gasteiger partial charge in [-0.25, -0.2) is 0 Å². The van der Waals surface area contributed by atoms with E-state index in [4.69, 9.17) is 5.73 Å². The molecule has 0 rings (SSSR count). The first-order valence-electron chi connectivity index (χ1n) is 1.87. The highest BCUT2D eigenvalue weighted by atomic mass is 127. The Morgan fingerprint density at radius 1 is 2.00 bits per heavy atom. The van der Waals surface area contributed by atoms with Crippen LogP contribution in [-0.2, 0) is 0 Å². The van der Waals surface area contributed by atoms with Gasteiger partial charge < -0.3 is 5.73 Å². The Balaban J connectivity index is 2.75. The Bertz CT molecular complexity index is 28.0. The summed E-state index contributed by atoms with van der Waals surface area (Å²) in [6.07, 6.45) is 0. The van der Waals surface area contributed by atoms with E-state index in [1.165, 1.54) is 0 Å². The van der Waals surface area contributed by atoms with Gasteiger partial charge in [0.15, 0.2) is 0 Å². The first-order valence-corrected chi connectivity index (χ1v) is 2.95. The highest BCUT2D eigenvalue weighted by Gasteiger charge is 1.88. The summed E-state index contributed by atoms with van der Waals surface area (Å²) in [5.41, 5.74) is 5.22. The van der Waals surface area contributed by atoms with Gasteiger partial charge in [-0.2, -0.15) is 0 Å². The molecule has 0 aromatic heterocycles. The Hall–Kier alpha value is 0.650. The molecule has 0 saturated heterocycles. The standard InChI is InChI=1S/C3H9IN2/c1-3(2-5)6-4/h3,6H,2,5H2,1H3. The Kier molecular flexibility index (Phi) is 4.24. The summed E-state index contributed by atoms with van der Waals surface area (Å²) >= 11 is 2.08. The zero-order valence-electron chi connectivity index (χ0n) is 3.74. The van der Waals surface area contributed by atoms with Crippen molar-refractivity contribution in [3.63, 3.8) is 0 Å². The maximum atomic E-state index is 5.22. The molecule has 38 valence electrons. The van der Waals surface area contributed by atoms with Crippen molar-refractivity contribution < 1.29 is 0 Å². The fourth-order valence-electron chi connectivity index (χ4n) is 0.0445. The van der Waals surface area contributed by atoms with Crippen molar-refractivity contribution in [2.24, 2.45) is 5.73 Å². The van der Waals surface area contributed by atoms with Gasteiger partial charge in [0.2, 0.25) is 0 Å². The van der Waals surface area contributed by atoms with E-state index in [0.717, 1.165) is 0 Å². The minimum atomic E-state index is 0.450. The van der Waals surface area contributed by atoms with Crippen LogP contribution in [0.5, 0.6) is 0 Å². The average Bonchev–Trinajstić information content (AvgIpc) is 1.65. The van der Waals surface area contributed by atoms with Gasteiger partial charge in [0.25, 0.3) is 0 Å². The maximum Gasteiger partial charge on any atom is 0.0257 e. The quantitative estimate of drug-likeness (QED) is 0.496. The van der Waals surface area contributed by atoms with E-state index in [-0.39, 0.29) is 0 Å². The first kappa shape index (κ1) is 6.65. The number of hydrogen-bond donors (Lipinski definition) is 2. The van der Waals surface area contributed by atoms with Crippen molar-refractivity contribution in [1.29, 1.82) is 0 Å². The van der Waals surface area contributed by atoms with Gasteiger partial charge in [-0.3, -0.25) is 3.53 Å². The fraction of sp³-hybridized carbons (Fsp3) is 1.00. The van der Waals surface area contributed by atoms with Crippen LogP contribution in [0, 0.1) is 0 Å². The number of rotatable bonds is 2. The van der Waals surface area contributed by atoms with E-state index in [1.54, 1.807) is 0 Å². The van der Waals surface area contributed by atoms with E-state index in [2.05, 4.69) is 26.4 Å². The first-order chi connectivity index (χ1) is 2.81. The van der Waals surface area contributed by atoms with Crippen LogP contribution in [0.3, 0.4) is 0 Å². The third kappa shape index (κ3) is 2.87. The van der Waals surface area contributed by atoms with Crippen LogP contribution in [0.25, 0.3) is 0 Å². The molecule has 0 spiro atoms. The van der Waals surface area contributed by atoms with Gasteiger partial charge in [0.1, 0.15) is 0 Å². The Morgan fingerprint density at radius 3 is 2.50 bits per heavy atom. The number of nitrogens with two attached hydrogens (primary N) is 1. The van der Waals surface area contributed by atoms with Crippen molar-refractivity contribution in [3.8, 4) is 0 Å². The smallest absolute Gasteiger partial charge is 0.0257 e. The van der Waals surface area contributed by atoms with Gasteiger partial charge in [-0.15, -0.1) is 0 Å². The molecular weight excluding hydrogens is 191 g/mol. The Morgan fingerprint density at radius 2 is 2.50 bits per heavy atom. The van der Waals surface area contributed by atoms with Gasteiger partial charge in [-0.05, 0) is 6.92 Å². The largest absolute Gasteiger partial charge is 0.329 e. The molecule has 3 N–H and O–H groups in total.